The van der Waals surface area contributed by atoms with E-state index in [1.54, 1.807) is 6.08 Å². The van der Waals surface area contributed by atoms with Gasteiger partial charge in [-0.3, -0.25) is 37.3 Å². The lowest BCUT2D eigenvalue weighted by Gasteiger charge is -2.21. The van der Waals surface area contributed by atoms with Crippen LogP contribution in [-0.4, -0.2) is 96.7 Å². The van der Waals surface area contributed by atoms with Crippen molar-refractivity contribution >= 4 is 39.5 Å². The van der Waals surface area contributed by atoms with Gasteiger partial charge in [-0.05, 0) is 77.0 Å². The van der Waals surface area contributed by atoms with Crippen LogP contribution in [0.25, 0.3) is 0 Å². The minimum absolute atomic E-state index is 0.0669. The van der Waals surface area contributed by atoms with Crippen molar-refractivity contribution in [2.75, 3.05) is 39.6 Å². The van der Waals surface area contributed by atoms with Crippen molar-refractivity contribution in [2.24, 2.45) is 0 Å². The maximum atomic E-state index is 13.0. The van der Waals surface area contributed by atoms with E-state index >= 15 is 0 Å². The number of aliphatic hydroxyl groups is 1. The van der Waals surface area contributed by atoms with E-state index in [0.29, 0.717) is 25.7 Å². The standard InChI is InChI=1S/C73H130O17P2/c1-5-9-13-17-21-25-29-31-33-35-39-41-45-49-53-57-70(75)83-63-68(89-72(77)59-55-51-47-43-37-27-23-19-15-11-7-3)65-87-91(79,80)85-61-67(74)62-86-92(81,82)88-66-69(90-73(78)60-56-52-48-44-38-28-24-20-16-12-8-4)64-84-71(76)58-54-50-46-42-40-36-34-32-30-26-22-18-14-10-6-2/h9,13,21,25,31-34,39,41,49,53,67-69,74H,5-8,10-12,14-20,22-24,26-30,35-38,40,42-48,50-52,54-66H2,1-4H3,(H,79,80)(H,81,82)/b13-9-,25-21-,33-31-,34-32-,41-39-,53-49-. The van der Waals surface area contributed by atoms with Crippen LogP contribution in [0, 0.1) is 0 Å². The first-order valence-corrected chi connectivity index (χ1v) is 39.2. The van der Waals surface area contributed by atoms with Gasteiger partial charge in [-0.2, -0.15) is 0 Å². The summed E-state index contributed by atoms with van der Waals surface area (Å²) < 4.78 is 68.1. The summed E-state index contributed by atoms with van der Waals surface area (Å²) >= 11 is 0. The molecule has 0 rings (SSSR count). The van der Waals surface area contributed by atoms with E-state index < -0.39 is 97.5 Å². The summed E-state index contributed by atoms with van der Waals surface area (Å²) in [7, 11) is -9.95. The summed E-state index contributed by atoms with van der Waals surface area (Å²) in [5, 5.41) is 10.6. The number of allylic oxidation sites excluding steroid dienone is 11. The Morgan fingerprint density at radius 1 is 0.326 bits per heavy atom. The van der Waals surface area contributed by atoms with Gasteiger partial charge in [0.2, 0.25) is 0 Å². The van der Waals surface area contributed by atoms with Gasteiger partial charge in [0.1, 0.15) is 19.3 Å². The minimum atomic E-state index is -4.98. The van der Waals surface area contributed by atoms with Crippen molar-refractivity contribution in [1.29, 1.82) is 0 Å². The predicted molar refractivity (Wildman–Crippen MR) is 372 cm³/mol. The number of aliphatic hydroxyl groups excluding tert-OH is 1. The highest BCUT2D eigenvalue weighted by molar-refractivity contribution is 7.47. The summed E-state index contributed by atoms with van der Waals surface area (Å²) in [4.78, 5) is 72.5. The molecule has 0 aromatic carbocycles. The Kier molecular flexibility index (Phi) is 63.6. The van der Waals surface area contributed by atoms with Crippen LogP contribution in [0.3, 0.4) is 0 Å². The molecule has 17 nitrogen and oxygen atoms in total. The molecule has 0 heterocycles. The molecule has 0 aromatic heterocycles. The first kappa shape index (κ1) is 88.5. The molecule has 0 spiro atoms. The highest BCUT2D eigenvalue weighted by Crippen LogP contribution is 2.45. The highest BCUT2D eigenvalue weighted by Gasteiger charge is 2.30. The molecule has 0 fully saturated rings. The minimum Gasteiger partial charge on any atom is -0.462 e. The number of esters is 4. The average Bonchev–Trinajstić information content (AvgIpc) is 2.55. The third kappa shape index (κ3) is 65.2. The van der Waals surface area contributed by atoms with Gasteiger partial charge in [0.25, 0.3) is 0 Å². The van der Waals surface area contributed by atoms with Gasteiger partial charge in [-0.25, -0.2) is 9.13 Å². The smallest absolute Gasteiger partial charge is 0.462 e. The number of phosphoric ester groups is 2. The molecule has 0 bridgehead atoms. The summed E-state index contributed by atoms with van der Waals surface area (Å²) in [5.41, 5.74) is 0. The van der Waals surface area contributed by atoms with Gasteiger partial charge in [-0.15, -0.1) is 0 Å². The zero-order valence-corrected chi connectivity index (χ0v) is 59.8. The average molecular weight is 1340 g/mol. The highest BCUT2D eigenvalue weighted by atomic mass is 31.2. The van der Waals surface area contributed by atoms with Gasteiger partial charge < -0.3 is 33.8 Å². The summed E-state index contributed by atoms with van der Waals surface area (Å²) in [6.07, 6.45) is 63.7. The van der Waals surface area contributed by atoms with Crippen molar-refractivity contribution < 1.29 is 80.2 Å². The summed E-state index contributed by atoms with van der Waals surface area (Å²) in [5.74, 6) is -2.31. The van der Waals surface area contributed by atoms with Gasteiger partial charge in [0, 0.05) is 19.3 Å². The van der Waals surface area contributed by atoms with Crippen LogP contribution >= 0.6 is 15.6 Å². The Morgan fingerprint density at radius 2 is 0.609 bits per heavy atom. The van der Waals surface area contributed by atoms with Gasteiger partial charge >= 0.3 is 39.5 Å². The van der Waals surface area contributed by atoms with Crippen molar-refractivity contribution in [2.45, 2.75) is 329 Å². The second kappa shape index (κ2) is 66.1. The molecule has 0 saturated heterocycles. The molecule has 0 radical (unpaired) electrons. The maximum absolute atomic E-state index is 13.0. The number of hydrogen-bond acceptors (Lipinski definition) is 15. The lowest BCUT2D eigenvalue weighted by atomic mass is 10.1. The number of carbonyl (C=O) groups is 4. The topological polar surface area (TPSA) is 237 Å². The fourth-order valence-electron chi connectivity index (χ4n) is 9.70. The molecule has 0 saturated carbocycles. The number of rotatable bonds is 68. The molecule has 0 amide bonds. The normalized spacial score (nSPS) is 14.5. The number of phosphoric acid groups is 2. The van der Waals surface area contributed by atoms with Crippen molar-refractivity contribution in [3.63, 3.8) is 0 Å². The zero-order valence-electron chi connectivity index (χ0n) is 58.0. The van der Waals surface area contributed by atoms with E-state index in [4.69, 9.17) is 37.0 Å². The van der Waals surface area contributed by atoms with Crippen LogP contribution in [0.1, 0.15) is 310 Å². The number of carbonyl (C=O) groups excluding carboxylic acids is 4. The molecule has 534 valence electrons. The van der Waals surface area contributed by atoms with Crippen LogP contribution in [0.15, 0.2) is 72.9 Å². The van der Waals surface area contributed by atoms with Crippen molar-refractivity contribution in [1.82, 2.24) is 0 Å². The Balaban J connectivity index is 5.34. The maximum Gasteiger partial charge on any atom is 0.472 e. The molecule has 0 aliphatic heterocycles. The molecular weight excluding hydrogens is 1210 g/mol. The van der Waals surface area contributed by atoms with Gasteiger partial charge in [0.15, 0.2) is 12.2 Å². The van der Waals surface area contributed by atoms with Crippen LogP contribution in [0.4, 0.5) is 0 Å². The largest absolute Gasteiger partial charge is 0.472 e. The SMILES string of the molecule is CC/C=C\C/C=C\C/C=C\C/C=C\C/C=C\CC(=O)OCC(COP(=O)(O)OCC(O)COP(=O)(O)OCC(COC(=O)CCCCCCC/C=C\CCCCCCCC)OC(=O)CCCCCCCCCCCCC)OC(=O)CCCCCCCCCCCCC. The summed E-state index contributed by atoms with van der Waals surface area (Å²) in [6.45, 7) is 4.63. The summed E-state index contributed by atoms with van der Waals surface area (Å²) in [6, 6.07) is 0. The Morgan fingerprint density at radius 3 is 0.957 bits per heavy atom. The van der Waals surface area contributed by atoms with Crippen LogP contribution in [0.2, 0.25) is 0 Å². The van der Waals surface area contributed by atoms with E-state index in [1.165, 1.54) is 116 Å². The fraction of sp³-hybridized carbons (Fsp3) is 0.781. The molecule has 5 atom stereocenters. The first-order chi connectivity index (χ1) is 44.7. The number of unbranched alkanes of at least 4 members (excludes halogenated alkanes) is 31. The monoisotopic (exact) mass is 1340 g/mol. The molecule has 0 aliphatic carbocycles. The third-order valence-corrected chi connectivity index (χ3v) is 17.1. The number of ether oxygens (including phenoxy) is 4. The quantitative estimate of drug-likeness (QED) is 0.0169. The number of hydrogen-bond donors (Lipinski definition) is 3. The van der Waals surface area contributed by atoms with E-state index in [-0.39, 0.29) is 25.7 Å². The molecular formula is C73H130O17P2. The molecule has 0 aromatic rings. The Bertz CT molecular complexity index is 2040. The predicted octanol–water partition coefficient (Wildman–Crippen LogP) is 20.1. The van der Waals surface area contributed by atoms with Crippen LogP contribution in [0.5, 0.6) is 0 Å². The fourth-order valence-corrected chi connectivity index (χ4v) is 11.3. The first-order valence-electron chi connectivity index (χ1n) is 36.2. The second-order valence-corrected chi connectivity index (χ2v) is 27.1. The van der Waals surface area contributed by atoms with E-state index in [0.717, 1.165) is 116 Å². The van der Waals surface area contributed by atoms with E-state index in [1.807, 2.05) is 18.2 Å². The molecule has 92 heavy (non-hydrogen) atoms. The van der Waals surface area contributed by atoms with Crippen molar-refractivity contribution in [3.05, 3.63) is 72.9 Å². The lowest BCUT2D eigenvalue weighted by Crippen LogP contribution is -2.30. The van der Waals surface area contributed by atoms with Crippen LogP contribution in [-0.2, 0) is 65.4 Å². The van der Waals surface area contributed by atoms with Gasteiger partial charge in [-0.1, -0.05) is 280 Å². The van der Waals surface area contributed by atoms with E-state index in [9.17, 15) is 43.2 Å². The van der Waals surface area contributed by atoms with Crippen LogP contribution < -0.4 is 0 Å². The lowest BCUT2D eigenvalue weighted by molar-refractivity contribution is -0.161. The van der Waals surface area contributed by atoms with Gasteiger partial charge in [0.05, 0.1) is 32.8 Å². The molecule has 19 heteroatoms. The van der Waals surface area contributed by atoms with E-state index in [2.05, 4.69) is 76.3 Å². The third-order valence-electron chi connectivity index (χ3n) is 15.2. The second-order valence-electron chi connectivity index (χ2n) is 24.2. The zero-order chi connectivity index (χ0) is 67.5. The Hall–Kier alpha value is -3.50. The molecule has 5 unspecified atom stereocenters. The Labute approximate surface area is 558 Å². The molecule has 3 N–H and O–H groups in total. The van der Waals surface area contributed by atoms with Crippen molar-refractivity contribution in [3.8, 4) is 0 Å². The molecule has 0 aliphatic rings.